The molecule has 0 atom stereocenters. The van der Waals surface area contributed by atoms with Crippen LogP contribution in [0, 0.1) is 11.3 Å². The van der Waals surface area contributed by atoms with Crippen LogP contribution >= 0.6 is 0 Å². The van der Waals surface area contributed by atoms with Gasteiger partial charge in [-0.15, -0.1) is 0 Å². The van der Waals surface area contributed by atoms with Gasteiger partial charge in [0, 0.05) is 0 Å². The third-order valence-electron chi connectivity index (χ3n) is 0.289. The van der Waals surface area contributed by atoms with Crippen molar-refractivity contribution in [3.63, 3.8) is 0 Å². The number of hydrogen-bond donors (Lipinski definition) is 0. The third kappa shape index (κ3) is 1.41. The lowest BCUT2D eigenvalue weighted by molar-refractivity contribution is 0.538. The Morgan fingerprint density at radius 2 is 2.50 bits per heavy atom. The fourth-order valence-electron chi connectivity index (χ4n) is 0.0189. The molecule has 2 nitrogen and oxygen atoms in total. The highest BCUT2D eigenvalue weighted by molar-refractivity contribution is 5.95. The van der Waals surface area contributed by atoms with Gasteiger partial charge in [0.15, 0.2) is 0 Å². The third-order valence-corrected chi connectivity index (χ3v) is 0.289. The standard InChI is InChI=1S/C3H3FN2/c1-3(2-5)6-4/h1H3/b6-3-. The Morgan fingerprint density at radius 1 is 2.00 bits per heavy atom. The van der Waals surface area contributed by atoms with Crippen molar-refractivity contribution >= 4 is 5.71 Å². The van der Waals surface area contributed by atoms with Gasteiger partial charge in [-0.1, -0.05) is 9.70 Å². The van der Waals surface area contributed by atoms with Gasteiger partial charge in [0.1, 0.15) is 11.8 Å². The van der Waals surface area contributed by atoms with Crippen LogP contribution in [-0.2, 0) is 0 Å². The summed E-state index contributed by atoms with van der Waals surface area (Å²) < 4.78 is 10.8. The van der Waals surface area contributed by atoms with Crippen LogP contribution in [0.4, 0.5) is 4.48 Å². The number of rotatable bonds is 0. The summed E-state index contributed by atoms with van der Waals surface area (Å²) in [5.74, 6) is 0. The van der Waals surface area contributed by atoms with Crippen LogP contribution in [0.1, 0.15) is 6.92 Å². The molecule has 0 aromatic carbocycles. The predicted molar refractivity (Wildman–Crippen MR) is 19.8 cm³/mol. The maximum atomic E-state index is 10.8. The molecule has 3 heteroatoms. The Kier molecular flexibility index (Phi) is 1.98. The van der Waals surface area contributed by atoms with Crippen molar-refractivity contribution in [3.8, 4) is 6.07 Å². The first-order valence-electron chi connectivity index (χ1n) is 1.37. The van der Waals surface area contributed by atoms with E-state index in [-0.39, 0.29) is 5.71 Å². The second kappa shape index (κ2) is 2.33. The van der Waals surface area contributed by atoms with E-state index in [1.165, 1.54) is 13.0 Å². The number of halogens is 1. The fraction of sp³-hybridized carbons (Fsp3) is 0.333. The van der Waals surface area contributed by atoms with Crippen LogP contribution in [-0.4, -0.2) is 5.71 Å². The predicted octanol–water partition coefficient (Wildman–Crippen LogP) is 0.855. The second-order valence-electron chi connectivity index (χ2n) is 0.782. The fourth-order valence-corrected chi connectivity index (χ4v) is 0.0189. The molecule has 0 fully saturated rings. The van der Waals surface area contributed by atoms with Crippen LogP contribution in [0.15, 0.2) is 5.21 Å². The summed E-state index contributed by atoms with van der Waals surface area (Å²) in [6.45, 7) is 1.29. The van der Waals surface area contributed by atoms with E-state index in [0.29, 0.717) is 0 Å². The molecule has 6 heavy (non-hydrogen) atoms. The normalized spacial score (nSPS) is 10.5. The largest absolute Gasteiger partial charge is 0.191 e. The molecule has 0 aliphatic heterocycles. The Bertz CT molecular complexity index is 99.9. The van der Waals surface area contributed by atoms with E-state index in [9.17, 15) is 4.48 Å². The average Bonchev–Trinajstić information content (AvgIpc) is 1.65. The molecule has 0 saturated heterocycles. The minimum absolute atomic E-state index is 0.144. The summed E-state index contributed by atoms with van der Waals surface area (Å²) in [5, 5.41) is 9.78. The highest BCUT2D eigenvalue weighted by Crippen LogP contribution is 1.71. The van der Waals surface area contributed by atoms with Crippen molar-refractivity contribution in [2.45, 2.75) is 6.92 Å². The molecule has 0 saturated carbocycles. The van der Waals surface area contributed by atoms with E-state index < -0.39 is 0 Å². The first-order chi connectivity index (χ1) is 2.81. The van der Waals surface area contributed by atoms with Crippen molar-refractivity contribution in [2.24, 2.45) is 5.21 Å². The van der Waals surface area contributed by atoms with Crippen molar-refractivity contribution in [2.75, 3.05) is 0 Å². The summed E-state index contributed by atoms with van der Waals surface area (Å²) >= 11 is 0. The molecule has 32 valence electrons. The maximum Gasteiger partial charge on any atom is 0.147 e. The van der Waals surface area contributed by atoms with E-state index in [1.807, 2.05) is 0 Å². The summed E-state index contributed by atoms with van der Waals surface area (Å²) in [7, 11) is 0. The summed E-state index contributed by atoms with van der Waals surface area (Å²) in [6, 6.07) is 1.49. The molecule has 0 heterocycles. The topological polar surface area (TPSA) is 36.1 Å². The molecule has 0 spiro atoms. The number of nitriles is 1. The summed E-state index contributed by atoms with van der Waals surface area (Å²) in [5.41, 5.74) is -0.144. The second-order valence-corrected chi connectivity index (χ2v) is 0.782. The lowest BCUT2D eigenvalue weighted by Crippen LogP contribution is -1.77. The molecule has 0 aliphatic rings. The summed E-state index contributed by atoms with van der Waals surface area (Å²) in [4.78, 5) is 0. The van der Waals surface area contributed by atoms with Gasteiger partial charge in [-0.2, -0.15) is 5.26 Å². The molecular formula is C3H3FN2. The summed E-state index contributed by atoms with van der Waals surface area (Å²) in [6.07, 6.45) is 0. The highest BCUT2D eigenvalue weighted by atomic mass is 19.2. The highest BCUT2D eigenvalue weighted by Gasteiger charge is 1.77. The van der Waals surface area contributed by atoms with Crippen LogP contribution in [0.5, 0.6) is 0 Å². The van der Waals surface area contributed by atoms with Crippen molar-refractivity contribution in [3.05, 3.63) is 0 Å². The van der Waals surface area contributed by atoms with Crippen molar-refractivity contribution < 1.29 is 4.48 Å². The van der Waals surface area contributed by atoms with E-state index in [1.54, 1.807) is 0 Å². The molecule has 0 aromatic rings. The number of hydrogen-bond acceptors (Lipinski definition) is 2. The quantitative estimate of drug-likeness (QED) is 0.402. The van der Waals surface area contributed by atoms with Gasteiger partial charge in [-0.3, -0.25) is 0 Å². The Hall–Kier alpha value is -0.910. The first-order valence-corrected chi connectivity index (χ1v) is 1.37. The average molecular weight is 86.1 g/mol. The van der Waals surface area contributed by atoms with Crippen LogP contribution in [0.25, 0.3) is 0 Å². The molecule has 0 aromatic heterocycles. The molecule has 0 N–H and O–H groups in total. The zero-order valence-electron chi connectivity index (χ0n) is 3.27. The van der Waals surface area contributed by atoms with Gasteiger partial charge >= 0.3 is 0 Å². The first kappa shape index (κ1) is 5.09. The Balaban J connectivity index is 3.61. The Labute approximate surface area is 34.9 Å². The maximum absolute atomic E-state index is 10.8. The van der Waals surface area contributed by atoms with Crippen molar-refractivity contribution in [1.29, 1.82) is 5.26 Å². The van der Waals surface area contributed by atoms with Gasteiger partial charge in [-0.05, 0) is 6.92 Å². The molecule has 0 amide bonds. The van der Waals surface area contributed by atoms with Gasteiger partial charge < -0.3 is 0 Å². The SMILES string of the molecule is C/C(C#N)=N/F. The van der Waals surface area contributed by atoms with Gasteiger partial charge in [0.25, 0.3) is 0 Å². The van der Waals surface area contributed by atoms with Gasteiger partial charge in [0.2, 0.25) is 0 Å². The molecule has 0 rings (SSSR count). The van der Waals surface area contributed by atoms with Crippen LogP contribution in [0.3, 0.4) is 0 Å². The monoisotopic (exact) mass is 86.0 g/mol. The number of nitrogens with zero attached hydrogens (tertiary/aromatic N) is 2. The Morgan fingerprint density at radius 3 is 2.50 bits per heavy atom. The molecule has 0 aliphatic carbocycles. The minimum atomic E-state index is -0.144. The zero-order chi connectivity index (χ0) is 4.99. The molecule has 0 bridgehead atoms. The smallest absolute Gasteiger partial charge is 0.147 e. The van der Waals surface area contributed by atoms with Gasteiger partial charge in [0.05, 0.1) is 0 Å². The minimum Gasteiger partial charge on any atom is -0.191 e. The zero-order valence-corrected chi connectivity index (χ0v) is 3.27. The van der Waals surface area contributed by atoms with E-state index in [2.05, 4.69) is 5.21 Å². The van der Waals surface area contributed by atoms with Crippen LogP contribution < -0.4 is 0 Å². The van der Waals surface area contributed by atoms with Gasteiger partial charge in [-0.25, -0.2) is 0 Å². The molecular weight excluding hydrogens is 83.0 g/mol. The van der Waals surface area contributed by atoms with E-state index in [0.717, 1.165) is 0 Å². The van der Waals surface area contributed by atoms with Crippen LogP contribution in [0.2, 0.25) is 0 Å². The lowest BCUT2D eigenvalue weighted by atomic mass is 10.5. The van der Waals surface area contributed by atoms with E-state index in [4.69, 9.17) is 5.26 Å². The van der Waals surface area contributed by atoms with Crippen molar-refractivity contribution in [1.82, 2.24) is 0 Å². The van der Waals surface area contributed by atoms with E-state index >= 15 is 0 Å². The molecule has 0 unspecified atom stereocenters. The lowest BCUT2D eigenvalue weighted by Gasteiger charge is -1.65. The molecule has 0 radical (unpaired) electrons.